The first-order valence-corrected chi connectivity index (χ1v) is 9.76. The second-order valence-corrected chi connectivity index (χ2v) is 6.88. The molecule has 1 aliphatic heterocycles. The van der Waals surface area contributed by atoms with Gasteiger partial charge in [-0.3, -0.25) is 19.3 Å². The Morgan fingerprint density at radius 1 is 1.13 bits per heavy atom. The number of hydrogen-bond acceptors (Lipinski definition) is 6. The van der Waals surface area contributed by atoms with Gasteiger partial charge in [0.15, 0.2) is 0 Å². The molecule has 162 valence electrons. The molecule has 0 aromatic heterocycles. The Labute approximate surface area is 174 Å². The van der Waals surface area contributed by atoms with E-state index in [0.717, 1.165) is 4.90 Å². The number of fused-ring (bicyclic) bond motifs is 1. The molecular weight excluding hydrogens is 392 g/mol. The number of nitrogens with zero attached hydrogens (tertiary/aromatic N) is 2. The molecule has 2 aliphatic rings. The lowest BCUT2D eigenvalue weighted by Crippen LogP contribution is -2.46. The molecule has 0 radical (unpaired) electrons. The third kappa shape index (κ3) is 6.36. The molecule has 0 saturated heterocycles. The van der Waals surface area contributed by atoms with Crippen molar-refractivity contribution in [3.63, 3.8) is 0 Å². The predicted octanol–water partition coefficient (Wildman–Crippen LogP) is 0.488. The Balaban J connectivity index is 1.74. The summed E-state index contributed by atoms with van der Waals surface area (Å²) in [6, 6.07) is -0.655. The number of urea groups is 1. The number of nitrogens with one attached hydrogen (secondary N) is 2. The number of unbranched alkanes of at least 4 members (excludes halogenated alkanes) is 2. The number of ether oxygens (including phenoxy) is 1. The third-order valence-electron chi connectivity index (χ3n) is 4.61. The summed E-state index contributed by atoms with van der Waals surface area (Å²) in [6.07, 6.45) is 6.60. The van der Waals surface area contributed by atoms with Crippen LogP contribution in [0.2, 0.25) is 0 Å². The predicted molar refractivity (Wildman–Crippen MR) is 107 cm³/mol. The van der Waals surface area contributed by atoms with E-state index in [0.29, 0.717) is 38.8 Å². The van der Waals surface area contributed by atoms with Crippen LogP contribution in [0.1, 0.15) is 32.6 Å². The van der Waals surface area contributed by atoms with E-state index in [1.165, 1.54) is 32.3 Å². The summed E-state index contributed by atoms with van der Waals surface area (Å²) < 4.78 is 4.64. The molecule has 1 heterocycles. The van der Waals surface area contributed by atoms with E-state index in [1.54, 1.807) is 0 Å². The van der Waals surface area contributed by atoms with Gasteiger partial charge in [-0.1, -0.05) is 18.6 Å². The van der Waals surface area contributed by atoms with Crippen LogP contribution < -0.4 is 10.6 Å². The fraction of sp³-hybridized carbons (Fsp3) is 0.500. The molecule has 0 fully saturated rings. The molecule has 30 heavy (non-hydrogen) atoms. The smallest absolute Gasteiger partial charge is 0.350 e. The second-order valence-electron chi connectivity index (χ2n) is 6.88. The summed E-state index contributed by atoms with van der Waals surface area (Å²) in [6.45, 7) is 2.38. The average Bonchev–Trinajstić information content (AvgIpc) is 2.71. The highest BCUT2D eigenvalue weighted by Crippen LogP contribution is 2.23. The van der Waals surface area contributed by atoms with Crippen molar-refractivity contribution in [3.05, 3.63) is 23.8 Å². The van der Waals surface area contributed by atoms with Gasteiger partial charge in [0.1, 0.15) is 0 Å². The van der Waals surface area contributed by atoms with Crippen LogP contribution in [-0.2, 0) is 23.9 Å². The topological polar surface area (TPSA) is 134 Å². The molecule has 0 saturated carbocycles. The minimum Gasteiger partial charge on any atom is -0.465 e. The van der Waals surface area contributed by atoms with E-state index in [4.69, 9.17) is 0 Å². The van der Waals surface area contributed by atoms with Crippen LogP contribution in [0.25, 0.3) is 0 Å². The molecule has 0 bridgehead atoms. The molecular formula is C20H26N4O6. The first kappa shape index (κ1) is 23.0. The zero-order chi connectivity index (χ0) is 22.1. The van der Waals surface area contributed by atoms with Crippen molar-refractivity contribution in [1.82, 2.24) is 15.5 Å². The number of hydrogen-bond donors (Lipinski definition) is 2. The van der Waals surface area contributed by atoms with Gasteiger partial charge in [-0.2, -0.15) is 4.99 Å². The van der Waals surface area contributed by atoms with Crippen LogP contribution in [-0.4, -0.2) is 67.1 Å². The maximum absolute atomic E-state index is 12.6. The molecule has 5 amide bonds. The van der Waals surface area contributed by atoms with Crippen LogP contribution >= 0.6 is 0 Å². The zero-order valence-corrected chi connectivity index (χ0v) is 17.1. The summed E-state index contributed by atoms with van der Waals surface area (Å²) in [5, 5.41) is 5.29. The number of methoxy groups -OCH3 is 1. The normalized spacial score (nSPS) is 17.7. The highest BCUT2D eigenvalue weighted by Gasteiger charge is 2.36. The van der Waals surface area contributed by atoms with E-state index < -0.39 is 17.9 Å². The van der Waals surface area contributed by atoms with Gasteiger partial charge in [0.05, 0.1) is 24.3 Å². The van der Waals surface area contributed by atoms with Crippen molar-refractivity contribution in [3.8, 4) is 0 Å². The van der Waals surface area contributed by atoms with Gasteiger partial charge >= 0.3 is 12.0 Å². The summed E-state index contributed by atoms with van der Waals surface area (Å²) in [5.41, 5.74) is 0.469. The Hall–Kier alpha value is -3.30. The minimum atomic E-state index is -0.689. The third-order valence-corrected chi connectivity index (χ3v) is 4.61. The van der Waals surface area contributed by atoms with Gasteiger partial charge in [0.2, 0.25) is 17.7 Å². The SMILES string of the molecule is COC(=O)C1=CC2=NC(=O)N(CCCCCC(=O)NCCNC(C)=O)C(=O)C2C=C1. The Morgan fingerprint density at radius 2 is 1.87 bits per heavy atom. The first-order chi connectivity index (χ1) is 14.3. The zero-order valence-electron chi connectivity index (χ0n) is 17.1. The van der Waals surface area contributed by atoms with Gasteiger partial charge in [-0.15, -0.1) is 0 Å². The number of aliphatic imine (C=N–C) groups is 1. The van der Waals surface area contributed by atoms with Gasteiger partial charge in [0.25, 0.3) is 0 Å². The van der Waals surface area contributed by atoms with Crippen LogP contribution in [0.15, 0.2) is 28.8 Å². The number of rotatable bonds is 10. The molecule has 0 aromatic carbocycles. The van der Waals surface area contributed by atoms with Crippen molar-refractivity contribution in [1.29, 1.82) is 0 Å². The van der Waals surface area contributed by atoms with Gasteiger partial charge in [-0.05, 0) is 18.9 Å². The van der Waals surface area contributed by atoms with Crippen molar-refractivity contribution in [2.75, 3.05) is 26.7 Å². The molecule has 2 rings (SSSR count). The van der Waals surface area contributed by atoms with E-state index >= 15 is 0 Å². The number of imide groups is 1. The Morgan fingerprint density at radius 3 is 2.57 bits per heavy atom. The molecule has 0 spiro atoms. The van der Waals surface area contributed by atoms with Crippen LogP contribution in [0.5, 0.6) is 0 Å². The van der Waals surface area contributed by atoms with Gasteiger partial charge in [-0.25, -0.2) is 9.59 Å². The van der Waals surface area contributed by atoms with E-state index in [2.05, 4.69) is 20.4 Å². The largest absolute Gasteiger partial charge is 0.465 e. The maximum atomic E-state index is 12.6. The number of carbonyl (C=O) groups is 5. The van der Waals surface area contributed by atoms with Crippen molar-refractivity contribution >= 4 is 35.4 Å². The van der Waals surface area contributed by atoms with E-state index in [9.17, 15) is 24.0 Å². The Bertz CT molecular complexity index is 814. The summed E-state index contributed by atoms with van der Waals surface area (Å²) in [5.74, 6) is -1.89. The number of carbonyl (C=O) groups excluding carboxylic acids is 5. The standard InChI is InChI=1S/C20H26N4O6/c1-13(25)21-9-10-22-17(26)6-4-3-5-11-24-18(27)15-8-7-14(19(28)30-2)12-16(15)23-20(24)29/h7-8,12,15H,3-6,9-11H2,1-2H3,(H,21,25)(H,22,26). The molecule has 1 aliphatic carbocycles. The molecule has 2 N–H and O–H groups in total. The van der Waals surface area contributed by atoms with Gasteiger partial charge < -0.3 is 15.4 Å². The lowest BCUT2D eigenvalue weighted by atomic mass is 9.92. The molecule has 1 atom stereocenters. The maximum Gasteiger partial charge on any atom is 0.350 e. The lowest BCUT2D eigenvalue weighted by Gasteiger charge is -2.28. The monoisotopic (exact) mass is 418 g/mol. The fourth-order valence-corrected chi connectivity index (χ4v) is 3.05. The van der Waals surface area contributed by atoms with Crippen molar-refractivity contribution in [2.45, 2.75) is 32.6 Å². The lowest BCUT2D eigenvalue weighted by molar-refractivity contribution is -0.136. The first-order valence-electron chi connectivity index (χ1n) is 9.76. The average molecular weight is 418 g/mol. The molecule has 1 unspecified atom stereocenters. The molecule has 10 heteroatoms. The minimum absolute atomic E-state index is 0.111. The number of esters is 1. The summed E-state index contributed by atoms with van der Waals surface area (Å²) in [4.78, 5) is 63.9. The summed E-state index contributed by atoms with van der Waals surface area (Å²) >= 11 is 0. The second kappa shape index (κ2) is 11.0. The highest BCUT2D eigenvalue weighted by atomic mass is 16.5. The van der Waals surface area contributed by atoms with Crippen LogP contribution in [0.3, 0.4) is 0 Å². The fourth-order valence-electron chi connectivity index (χ4n) is 3.05. The van der Waals surface area contributed by atoms with Gasteiger partial charge in [0, 0.05) is 33.0 Å². The van der Waals surface area contributed by atoms with Crippen LogP contribution in [0.4, 0.5) is 4.79 Å². The molecule has 10 nitrogen and oxygen atoms in total. The molecule has 0 aromatic rings. The Kier molecular flexibility index (Phi) is 8.45. The summed E-state index contributed by atoms with van der Waals surface area (Å²) in [7, 11) is 1.25. The van der Waals surface area contributed by atoms with Crippen molar-refractivity contribution < 1.29 is 28.7 Å². The quantitative estimate of drug-likeness (QED) is 0.392. The van der Waals surface area contributed by atoms with E-state index in [-0.39, 0.29) is 35.6 Å². The highest BCUT2D eigenvalue weighted by molar-refractivity contribution is 6.23. The number of allylic oxidation sites excluding steroid dienone is 1. The van der Waals surface area contributed by atoms with Crippen molar-refractivity contribution in [2.24, 2.45) is 10.9 Å². The van der Waals surface area contributed by atoms with E-state index in [1.807, 2.05) is 0 Å². The van der Waals surface area contributed by atoms with Crippen LogP contribution in [0, 0.1) is 5.92 Å². The number of amides is 5.